The summed E-state index contributed by atoms with van der Waals surface area (Å²) in [5.74, 6) is 0.999. The van der Waals surface area contributed by atoms with Gasteiger partial charge in [-0.3, -0.25) is 9.59 Å². The molecule has 10 heteroatoms. The first kappa shape index (κ1) is 25.3. The molecule has 0 bridgehead atoms. The van der Waals surface area contributed by atoms with Crippen LogP contribution >= 0.6 is 0 Å². The molecule has 0 atom stereocenters. The van der Waals surface area contributed by atoms with Crippen molar-refractivity contribution in [2.75, 3.05) is 30.4 Å². The van der Waals surface area contributed by atoms with Crippen molar-refractivity contribution in [1.29, 1.82) is 0 Å². The van der Waals surface area contributed by atoms with Gasteiger partial charge in [0.2, 0.25) is 17.8 Å². The number of aromatic nitrogens is 4. The Hall–Kier alpha value is -3.79. The fourth-order valence-electron chi connectivity index (χ4n) is 4.08. The standard InChI is InChI=1S/C26H33N7O3/c1-4-23(35)27-15-21(34)13-18-6-5-7-19(12-18)14-28-26-32-25(30-20-8-10-36-11-9-20)31-24-22(17(2)3)16-29-33(24)26/h4-7,12,16-17,20H,1,8-11,13-15H2,2-3H3,(H,27,35)(H2,28,30,31,32). The highest BCUT2D eigenvalue weighted by Gasteiger charge is 2.19. The fraction of sp³-hybridized carbons (Fsp3) is 0.423. The van der Waals surface area contributed by atoms with Gasteiger partial charge in [-0.25, -0.2) is 0 Å². The quantitative estimate of drug-likeness (QED) is 0.350. The lowest BCUT2D eigenvalue weighted by Gasteiger charge is -2.23. The van der Waals surface area contributed by atoms with Gasteiger partial charge in [0, 0.05) is 37.8 Å². The minimum Gasteiger partial charge on any atom is -0.381 e. The second kappa shape index (κ2) is 11.8. The molecular formula is C26H33N7O3. The van der Waals surface area contributed by atoms with Crippen LogP contribution < -0.4 is 16.0 Å². The average molecular weight is 492 g/mol. The van der Waals surface area contributed by atoms with Gasteiger partial charge >= 0.3 is 0 Å². The van der Waals surface area contributed by atoms with Crippen molar-refractivity contribution in [3.8, 4) is 0 Å². The van der Waals surface area contributed by atoms with E-state index in [1.807, 2.05) is 30.5 Å². The van der Waals surface area contributed by atoms with E-state index in [1.165, 1.54) is 0 Å². The van der Waals surface area contributed by atoms with Crippen molar-refractivity contribution in [2.24, 2.45) is 0 Å². The molecule has 1 fully saturated rings. The molecule has 1 aliphatic rings. The Labute approximate surface area is 210 Å². The highest BCUT2D eigenvalue weighted by molar-refractivity contribution is 5.91. The van der Waals surface area contributed by atoms with Crippen LogP contribution in [0.4, 0.5) is 11.9 Å². The third-order valence-corrected chi connectivity index (χ3v) is 6.06. The van der Waals surface area contributed by atoms with Gasteiger partial charge in [0.05, 0.1) is 12.7 Å². The molecule has 10 nitrogen and oxygen atoms in total. The number of carbonyl (C=O) groups is 2. The number of rotatable bonds is 11. The molecule has 1 saturated heterocycles. The molecule has 36 heavy (non-hydrogen) atoms. The predicted molar refractivity (Wildman–Crippen MR) is 138 cm³/mol. The summed E-state index contributed by atoms with van der Waals surface area (Å²) in [5.41, 5.74) is 3.71. The molecule has 1 amide bonds. The smallest absolute Gasteiger partial charge is 0.243 e. The van der Waals surface area contributed by atoms with Crippen LogP contribution in [0.25, 0.3) is 5.65 Å². The zero-order valence-electron chi connectivity index (χ0n) is 20.8. The number of Topliss-reactive ketones (excluding diaryl/α,β-unsaturated/α-hetero) is 1. The minimum absolute atomic E-state index is 0.0212. The molecule has 1 aromatic carbocycles. The van der Waals surface area contributed by atoms with E-state index in [-0.39, 0.29) is 36.6 Å². The Kier molecular flexibility index (Phi) is 8.27. The zero-order chi connectivity index (χ0) is 25.5. The first-order valence-corrected chi connectivity index (χ1v) is 12.3. The fourth-order valence-corrected chi connectivity index (χ4v) is 4.08. The Balaban J connectivity index is 1.49. The van der Waals surface area contributed by atoms with Crippen molar-refractivity contribution in [3.05, 3.63) is 59.8 Å². The summed E-state index contributed by atoms with van der Waals surface area (Å²) in [5, 5.41) is 13.9. The molecular weight excluding hydrogens is 458 g/mol. The Morgan fingerprint density at radius 1 is 1.22 bits per heavy atom. The summed E-state index contributed by atoms with van der Waals surface area (Å²) < 4.78 is 7.21. The summed E-state index contributed by atoms with van der Waals surface area (Å²) in [4.78, 5) is 33.0. The summed E-state index contributed by atoms with van der Waals surface area (Å²) in [6, 6.07) is 8.05. The molecule has 0 radical (unpaired) electrons. The van der Waals surface area contributed by atoms with Gasteiger partial charge in [0.15, 0.2) is 11.4 Å². The molecule has 0 aliphatic carbocycles. The maximum atomic E-state index is 12.2. The molecule has 0 saturated carbocycles. The van der Waals surface area contributed by atoms with Crippen LogP contribution in [0.2, 0.25) is 0 Å². The number of anilines is 2. The second-order valence-electron chi connectivity index (χ2n) is 9.20. The molecule has 2 aromatic heterocycles. The van der Waals surface area contributed by atoms with Crippen LogP contribution in [0.1, 0.15) is 49.3 Å². The van der Waals surface area contributed by atoms with Gasteiger partial charge in [0.25, 0.3) is 0 Å². The molecule has 0 spiro atoms. The molecule has 3 N–H and O–H groups in total. The summed E-state index contributed by atoms with van der Waals surface area (Å²) in [6.07, 6.45) is 5.05. The molecule has 190 valence electrons. The van der Waals surface area contributed by atoms with Crippen LogP contribution in [-0.2, 0) is 27.3 Å². The predicted octanol–water partition coefficient (Wildman–Crippen LogP) is 2.86. The highest BCUT2D eigenvalue weighted by Crippen LogP contribution is 2.23. The van der Waals surface area contributed by atoms with Crippen LogP contribution in [-0.4, -0.2) is 57.1 Å². The van der Waals surface area contributed by atoms with Crippen LogP contribution in [0.5, 0.6) is 0 Å². The molecule has 1 aliphatic heterocycles. The number of nitrogens with one attached hydrogen (secondary N) is 3. The maximum Gasteiger partial charge on any atom is 0.243 e. The molecule has 0 unspecified atom stereocenters. The van der Waals surface area contributed by atoms with Crippen LogP contribution in [0.3, 0.4) is 0 Å². The van der Waals surface area contributed by atoms with E-state index in [0.29, 0.717) is 18.4 Å². The summed E-state index contributed by atoms with van der Waals surface area (Å²) >= 11 is 0. The number of benzene rings is 1. The van der Waals surface area contributed by atoms with Gasteiger partial charge in [-0.05, 0) is 36.0 Å². The highest BCUT2D eigenvalue weighted by atomic mass is 16.5. The van der Waals surface area contributed by atoms with Crippen LogP contribution in [0.15, 0.2) is 43.1 Å². The Morgan fingerprint density at radius 3 is 2.75 bits per heavy atom. The summed E-state index contributed by atoms with van der Waals surface area (Å²) in [6.45, 7) is 9.56. The number of amides is 1. The number of ketones is 1. The van der Waals surface area contributed by atoms with Gasteiger partial charge in [-0.2, -0.15) is 19.6 Å². The first-order valence-electron chi connectivity index (χ1n) is 12.3. The van der Waals surface area contributed by atoms with Crippen molar-refractivity contribution < 1.29 is 14.3 Å². The van der Waals surface area contributed by atoms with E-state index in [4.69, 9.17) is 14.7 Å². The number of hydrogen-bond donors (Lipinski definition) is 3. The van der Waals surface area contributed by atoms with Gasteiger partial charge in [-0.15, -0.1) is 0 Å². The number of nitrogens with zero attached hydrogens (tertiary/aromatic N) is 4. The van der Waals surface area contributed by atoms with Crippen molar-refractivity contribution in [1.82, 2.24) is 24.9 Å². The Bertz CT molecular complexity index is 1230. The normalized spacial score (nSPS) is 14.1. The van der Waals surface area contributed by atoms with Crippen molar-refractivity contribution in [3.63, 3.8) is 0 Å². The minimum atomic E-state index is -0.359. The third kappa shape index (κ3) is 6.45. The summed E-state index contributed by atoms with van der Waals surface area (Å²) in [7, 11) is 0. The number of hydrogen-bond acceptors (Lipinski definition) is 8. The van der Waals surface area contributed by atoms with Crippen molar-refractivity contribution >= 4 is 29.2 Å². The number of ether oxygens (including phenoxy) is 1. The van der Waals surface area contributed by atoms with E-state index in [0.717, 1.165) is 54.5 Å². The SMILES string of the molecule is C=CC(=O)NCC(=O)Cc1cccc(CNc2nc(NC3CCOCC3)nc3c(C(C)C)cnn23)c1. The van der Waals surface area contributed by atoms with E-state index in [1.54, 1.807) is 4.52 Å². The maximum absolute atomic E-state index is 12.2. The van der Waals surface area contributed by atoms with Gasteiger partial charge in [0.1, 0.15) is 0 Å². The number of fused-ring (bicyclic) bond motifs is 1. The average Bonchev–Trinajstić information content (AvgIpc) is 3.31. The van der Waals surface area contributed by atoms with E-state index < -0.39 is 0 Å². The van der Waals surface area contributed by atoms with E-state index in [2.05, 4.69) is 41.5 Å². The Morgan fingerprint density at radius 2 is 2.00 bits per heavy atom. The van der Waals surface area contributed by atoms with Gasteiger partial charge in [-0.1, -0.05) is 44.7 Å². The lowest BCUT2D eigenvalue weighted by atomic mass is 10.1. The first-order chi connectivity index (χ1) is 17.4. The zero-order valence-corrected chi connectivity index (χ0v) is 20.8. The molecule has 3 aromatic rings. The van der Waals surface area contributed by atoms with Gasteiger partial charge < -0.3 is 20.7 Å². The molecule has 3 heterocycles. The van der Waals surface area contributed by atoms with E-state index >= 15 is 0 Å². The molecule has 4 rings (SSSR count). The topological polar surface area (TPSA) is 123 Å². The number of carbonyl (C=O) groups excluding carboxylic acids is 2. The van der Waals surface area contributed by atoms with E-state index in [9.17, 15) is 9.59 Å². The van der Waals surface area contributed by atoms with Crippen LogP contribution in [0, 0.1) is 0 Å². The third-order valence-electron chi connectivity index (χ3n) is 6.06. The largest absolute Gasteiger partial charge is 0.381 e. The monoisotopic (exact) mass is 491 g/mol. The lowest BCUT2D eigenvalue weighted by Crippen LogP contribution is -2.29. The second-order valence-corrected chi connectivity index (χ2v) is 9.20. The van der Waals surface area contributed by atoms with Crippen molar-refractivity contribution in [2.45, 2.75) is 51.6 Å². The lowest BCUT2D eigenvalue weighted by molar-refractivity contribution is -0.122.